The number of ether oxygens (including phenoxy) is 5. The van der Waals surface area contributed by atoms with Gasteiger partial charge in [-0.15, -0.1) is 0 Å². The maximum Gasteiger partial charge on any atom is 0.374 e. The highest BCUT2D eigenvalue weighted by Crippen LogP contribution is 2.45. The van der Waals surface area contributed by atoms with Gasteiger partial charge in [0.2, 0.25) is 5.76 Å². The minimum absolute atomic E-state index is 0.0768. The van der Waals surface area contributed by atoms with Crippen LogP contribution in [0.4, 0.5) is 5.69 Å². The molecule has 39 heavy (non-hydrogen) atoms. The number of unbranched alkanes of at least 4 members (excludes halogenated alkanes) is 1. The van der Waals surface area contributed by atoms with Crippen LogP contribution in [0.2, 0.25) is 0 Å². The number of epoxide rings is 1. The van der Waals surface area contributed by atoms with Gasteiger partial charge in [-0.2, -0.15) is 0 Å². The first-order valence-electron chi connectivity index (χ1n) is 14.7. The largest absolute Gasteiger partial charge is 0.475 e. The average Bonchev–Trinajstić information content (AvgIpc) is 3.34. The van der Waals surface area contributed by atoms with Gasteiger partial charge in [0.25, 0.3) is 0 Å². The lowest BCUT2D eigenvalue weighted by molar-refractivity contribution is -0.149. The highest BCUT2D eigenvalue weighted by Gasteiger charge is 2.45. The van der Waals surface area contributed by atoms with E-state index in [0.29, 0.717) is 43.7 Å². The zero-order valence-electron chi connectivity index (χ0n) is 22.9. The van der Waals surface area contributed by atoms with E-state index < -0.39 is 18.5 Å². The van der Waals surface area contributed by atoms with Crippen molar-refractivity contribution in [3.63, 3.8) is 0 Å². The van der Waals surface area contributed by atoms with Crippen molar-refractivity contribution < 1.29 is 33.6 Å². The van der Waals surface area contributed by atoms with E-state index in [1.807, 2.05) is 6.07 Å². The van der Waals surface area contributed by atoms with Crippen molar-refractivity contribution in [2.24, 2.45) is 11.8 Å². The maximum absolute atomic E-state index is 12.2. The van der Waals surface area contributed by atoms with Gasteiger partial charge in [-0.25, -0.2) is 4.79 Å². The molecule has 0 amide bonds. The van der Waals surface area contributed by atoms with Crippen LogP contribution in [-0.2, 0) is 28.5 Å². The molecule has 5 rings (SSSR count). The van der Waals surface area contributed by atoms with Crippen LogP contribution in [0.15, 0.2) is 54.0 Å². The molecular weight excluding hydrogens is 498 g/mol. The maximum atomic E-state index is 12.2. The Balaban J connectivity index is 1.13. The predicted molar refractivity (Wildman–Crippen MR) is 147 cm³/mol. The fourth-order valence-corrected chi connectivity index (χ4v) is 6.12. The fourth-order valence-electron chi connectivity index (χ4n) is 6.12. The number of benzene rings is 1. The highest BCUT2D eigenvalue weighted by molar-refractivity contribution is 5.84. The number of hydrogen-bond acceptors (Lipinski definition) is 7. The summed E-state index contributed by atoms with van der Waals surface area (Å²) in [6.07, 6.45) is 9.21. The molecule has 4 aliphatic rings. The smallest absolute Gasteiger partial charge is 0.374 e. The zero-order valence-corrected chi connectivity index (χ0v) is 22.9. The van der Waals surface area contributed by atoms with Gasteiger partial charge in [0, 0.05) is 31.5 Å². The van der Waals surface area contributed by atoms with Gasteiger partial charge in [0.05, 0.1) is 25.4 Å². The second kappa shape index (κ2) is 13.7. The van der Waals surface area contributed by atoms with Crippen molar-refractivity contribution in [2.45, 2.75) is 95.4 Å². The van der Waals surface area contributed by atoms with E-state index in [9.17, 15) is 9.90 Å². The Bertz CT molecular complexity index is 984. The van der Waals surface area contributed by atoms with E-state index in [4.69, 9.17) is 23.7 Å². The molecule has 2 N–H and O–H groups in total. The Kier molecular flexibility index (Phi) is 9.82. The Morgan fingerprint density at radius 2 is 1.74 bits per heavy atom. The van der Waals surface area contributed by atoms with Crippen LogP contribution in [0.5, 0.6) is 0 Å². The van der Waals surface area contributed by atoms with Gasteiger partial charge in [-0.05, 0) is 68.9 Å². The van der Waals surface area contributed by atoms with E-state index in [2.05, 4.69) is 36.2 Å². The molecule has 0 radical (unpaired) electrons. The molecule has 3 unspecified atom stereocenters. The lowest BCUT2D eigenvalue weighted by Gasteiger charge is -2.21. The van der Waals surface area contributed by atoms with Crippen LogP contribution in [0.3, 0.4) is 0 Å². The number of carboxylic acid groups (broad SMARTS) is 1. The molecule has 1 aromatic rings. The molecule has 0 bridgehead atoms. The second-order valence-corrected chi connectivity index (χ2v) is 11.2. The van der Waals surface area contributed by atoms with E-state index in [-0.39, 0.29) is 18.0 Å². The van der Waals surface area contributed by atoms with E-state index >= 15 is 0 Å². The zero-order chi connectivity index (χ0) is 27.0. The van der Waals surface area contributed by atoms with Gasteiger partial charge in [-0.1, -0.05) is 36.8 Å². The lowest BCUT2D eigenvalue weighted by atomic mass is 9.85. The molecule has 3 aliphatic heterocycles. The summed E-state index contributed by atoms with van der Waals surface area (Å²) in [5.74, 6) is 0.0519. The van der Waals surface area contributed by atoms with Crippen LogP contribution < -0.4 is 5.32 Å². The van der Waals surface area contributed by atoms with Crippen molar-refractivity contribution in [3.8, 4) is 0 Å². The summed E-state index contributed by atoms with van der Waals surface area (Å²) in [4.78, 5) is 12.2. The number of carboxylic acids is 1. The Morgan fingerprint density at radius 1 is 1.00 bits per heavy atom. The van der Waals surface area contributed by atoms with Gasteiger partial charge in [0.15, 0.2) is 18.3 Å². The molecule has 1 saturated carbocycles. The Morgan fingerprint density at radius 3 is 2.44 bits per heavy atom. The van der Waals surface area contributed by atoms with Gasteiger partial charge < -0.3 is 34.1 Å². The topological polar surface area (TPSA) is 98.8 Å². The average molecular weight is 542 g/mol. The van der Waals surface area contributed by atoms with Crippen molar-refractivity contribution in [3.05, 3.63) is 54.0 Å². The summed E-state index contributed by atoms with van der Waals surface area (Å²) in [6, 6.07) is 10.3. The number of anilines is 1. The summed E-state index contributed by atoms with van der Waals surface area (Å²) in [5, 5.41) is 13.4. The molecule has 1 aliphatic carbocycles. The number of nitrogens with one attached hydrogen (secondary N) is 1. The molecule has 3 saturated heterocycles. The summed E-state index contributed by atoms with van der Waals surface area (Å²) < 4.78 is 29.1. The third-order valence-corrected chi connectivity index (χ3v) is 8.34. The van der Waals surface area contributed by atoms with Crippen molar-refractivity contribution in [1.29, 1.82) is 0 Å². The molecule has 6 atom stereocenters. The monoisotopic (exact) mass is 541 g/mol. The summed E-state index contributed by atoms with van der Waals surface area (Å²) in [6.45, 7) is 6.55. The quantitative estimate of drug-likeness (QED) is 0.0917. The van der Waals surface area contributed by atoms with Crippen LogP contribution in [0.25, 0.3) is 0 Å². The standard InChI is InChI=1S/C31H43NO7/c1-21-14-15-22(9-5-6-16-32-23-10-3-2-4-11-23)24(21)19-25-26(37-25)20-27(38-28-12-7-17-35-28)30(31(33)34)39-29-13-8-18-36-29/h2-4,10-11,22,24-26,28-29,32H,1,5-9,12-20H2,(H,33,34)/t22-,24-,25+,26?,28?,29?/m0/s1. The highest BCUT2D eigenvalue weighted by atomic mass is 16.7. The molecule has 4 fully saturated rings. The molecule has 8 heteroatoms. The SMILES string of the molecule is C=C1CC[C@H](CCCCNc2ccccc2)[C@H]1C[C@H]1OC1CC(OC1CCCO1)=C(OC1CCCO1)C(=O)O. The second-order valence-electron chi connectivity index (χ2n) is 11.2. The van der Waals surface area contributed by atoms with Crippen molar-refractivity contribution in [2.75, 3.05) is 25.1 Å². The van der Waals surface area contributed by atoms with Crippen LogP contribution in [-0.4, -0.2) is 55.6 Å². The first-order chi connectivity index (χ1) is 19.1. The molecule has 214 valence electrons. The Labute approximate surface area is 231 Å². The van der Waals surface area contributed by atoms with Crippen LogP contribution >= 0.6 is 0 Å². The first kappa shape index (κ1) is 28.0. The first-order valence-corrected chi connectivity index (χ1v) is 14.7. The lowest BCUT2D eigenvalue weighted by Crippen LogP contribution is -2.21. The van der Waals surface area contributed by atoms with Crippen molar-refractivity contribution in [1.82, 2.24) is 0 Å². The third kappa shape index (κ3) is 7.99. The Hall–Kier alpha value is -2.55. The third-order valence-electron chi connectivity index (χ3n) is 8.34. The van der Waals surface area contributed by atoms with Gasteiger partial charge >= 0.3 is 5.97 Å². The predicted octanol–water partition coefficient (Wildman–Crippen LogP) is 6.00. The van der Waals surface area contributed by atoms with E-state index in [0.717, 1.165) is 45.1 Å². The molecule has 8 nitrogen and oxygen atoms in total. The minimum Gasteiger partial charge on any atom is -0.475 e. The summed E-state index contributed by atoms with van der Waals surface area (Å²) >= 11 is 0. The number of rotatable bonds is 15. The number of para-hydroxylation sites is 1. The van der Waals surface area contributed by atoms with Crippen LogP contribution in [0.1, 0.15) is 70.6 Å². The normalized spacial score (nSPS) is 30.7. The fraction of sp³-hybridized carbons (Fsp3) is 0.645. The van der Waals surface area contributed by atoms with Gasteiger partial charge in [0.1, 0.15) is 0 Å². The van der Waals surface area contributed by atoms with Crippen LogP contribution in [0, 0.1) is 11.8 Å². The number of carbonyl (C=O) groups is 1. The summed E-state index contributed by atoms with van der Waals surface area (Å²) in [5.41, 5.74) is 2.50. The van der Waals surface area contributed by atoms with Gasteiger partial charge in [-0.3, -0.25) is 0 Å². The summed E-state index contributed by atoms with van der Waals surface area (Å²) in [7, 11) is 0. The number of allylic oxidation sites excluding steroid dienone is 1. The molecule has 3 heterocycles. The van der Waals surface area contributed by atoms with E-state index in [1.165, 1.54) is 30.5 Å². The number of hydrogen-bond donors (Lipinski definition) is 2. The number of aliphatic carboxylic acids is 1. The molecular formula is C31H43NO7. The molecule has 0 spiro atoms. The minimum atomic E-state index is -1.15. The van der Waals surface area contributed by atoms with E-state index in [1.54, 1.807) is 0 Å². The molecule has 1 aromatic carbocycles. The molecule has 0 aromatic heterocycles. The van der Waals surface area contributed by atoms with Crippen molar-refractivity contribution >= 4 is 11.7 Å².